The zero-order valence-corrected chi connectivity index (χ0v) is 13.0. The van der Waals surface area contributed by atoms with Crippen LogP contribution in [0.15, 0.2) is 24.3 Å². The number of hydrogen-bond donors (Lipinski definition) is 2. The van der Waals surface area contributed by atoms with Crippen LogP contribution in [-0.4, -0.2) is 30.8 Å². The van der Waals surface area contributed by atoms with Crippen molar-refractivity contribution in [3.63, 3.8) is 0 Å². The molecule has 1 amide bonds. The van der Waals surface area contributed by atoms with E-state index in [4.69, 9.17) is 4.74 Å². The van der Waals surface area contributed by atoms with Crippen molar-refractivity contribution >= 4 is 11.6 Å². The first kappa shape index (κ1) is 18.3. The fourth-order valence-electron chi connectivity index (χ4n) is 1.91. The second-order valence-electron chi connectivity index (χ2n) is 5.94. The molecule has 0 aliphatic rings. The molecule has 4 nitrogen and oxygen atoms in total. The quantitative estimate of drug-likeness (QED) is 0.875. The molecule has 0 aliphatic carbocycles. The Morgan fingerprint density at radius 1 is 1.23 bits per heavy atom. The summed E-state index contributed by atoms with van der Waals surface area (Å²) < 4.78 is 44.1. The van der Waals surface area contributed by atoms with Gasteiger partial charge in [0.2, 0.25) is 5.91 Å². The van der Waals surface area contributed by atoms with Gasteiger partial charge in [0.15, 0.2) is 0 Å². The van der Waals surface area contributed by atoms with Crippen LogP contribution in [0.4, 0.5) is 18.9 Å². The summed E-state index contributed by atoms with van der Waals surface area (Å²) in [4.78, 5) is 11.9. The number of para-hydroxylation sites is 2. The number of rotatable bonds is 5. The van der Waals surface area contributed by atoms with E-state index in [0.717, 1.165) is 0 Å². The van der Waals surface area contributed by atoms with E-state index >= 15 is 0 Å². The van der Waals surface area contributed by atoms with Gasteiger partial charge in [-0.2, -0.15) is 13.2 Å². The Hall–Kier alpha value is -1.76. The summed E-state index contributed by atoms with van der Waals surface area (Å²) in [5.74, 6) is -0.341. The lowest BCUT2D eigenvalue weighted by atomic mass is 10.0. The number of amides is 1. The maximum absolute atomic E-state index is 13.0. The van der Waals surface area contributed by atoms with E-state index in [-0.39, 0.29) is 0 Å². The molecule has 0 bridgehead atoms. The van der Waals surface area contributed by atoms with E-state index in [2.05, 4.69) is 10.6 Å². The number of benzene rings is 1. The lowest BCUT2D eigenvalue weighted by molar-refractivity contribution is -0.164. The number of alkyl halides is 3. The number of ether oxygens (including phenoxy) is 1. The van der Waals surface area contributed by atoms with E-state index in [1.165, 1.54) is 7.11 Å². The molecule has 0 heterocycles. The van der Waals surface area contributed by atoms with E-state index in [0.29, 0.717) is 11.4 Å². The van der Waals surface area contributed by atoms with Crippen LogP contribution < -0.4 is 15.4 Å². The molecular weight excluding hydrogens is 297 g/mol. The number of anilines is 1. The first-order valence-corrected chi connectivity index (χ1v) is 6.80. The van der Waals surface area contributed by atoms with Crippen molar-refractivity contribution < 1.29 is 22.7 Å². The number of nitrogens with one attached hydrogen (secondary N) is 2. The maximum atomic E-state index is 13.0. The summed E-state index contributed by atoms with van der Waals surface area (Å²) in [7, 11) is 1.42. The molecule has 0 aromatic heterocycles. The summed E-state index contributed by atoms with van der Waals surface area (Å²) in [6.07, 6.45) is -5.22. The number of halogens is 3. The van der Waals surface area contributed by atoms with Crippen LogP contribution in [-0.2, 0) is 4.79 Å². The van der Waals surface area contributed by atoms with Gasteiger partial charge in [0.1, 0.15) is 11.8 Å². The summed E-state index contributed by atoms with van der Waals surface area (Å²) in [5, 5.41) is 4.87. The third-order valence-corrected chi connectivity index (χ3v) is 2.77. The average molecular weight is 318 g/mol. The monoisotopic (exact) mass is 318 g/mol. The lowest BCUT2D eigenvalue weighted by Crippen LogP contribution is -2.52. The molecule has 1 aromatic rings. The van der Waals surface area contributed by atoms with Gasteiger partial charge in [-0.3, -0.25) is 4.79 Å². The fraction of sp³-hybridized carbons (Fsp3) is 0.533. The largest absolute Gasteiger partial charge is 0.495 e. The minimum absolute atomic E-state index is 0.340. The van der Waals surface area contributed by atoms with E-state index in [9.17, 15) is 18.0 Å². The molecule has 1 aromatic carbocycles. The van der Waals surface area contributed by atoms with Crippen LogP contribution in [0, 0.1) is 0 Å². The molecule has 0 saturated heterocycles. The van der Waals surface area contributed by atoms with Crippen molar-refractivity contribution in [3.05, 3.63) is 24.3 Å². The van der Waals surface area contributed by atoms with Crippen LogP contribution in [0.2, 0.25) is 0 Å². The molecule has 1 unspecified atom stereocenters. The molecule has 7 heteroatoms. The average Bonchev–Trinajstić information content (AvgIpc) is 2.36. The zero-order valence-electron chi connectivity index (χ0n) is 13.0. The van der Waals surface area contributed by atoms with Gasteiger partial charge in [-0.05, 0) is 32.9 Å². The van der Waals surface area contributed by atoms with Gasteiger partial charge >= 0.3 is 6.18 Å². The Labute approximate surface area is 128 Å². The number of carbonyl (C=O) groups excluding carboxylic acids is 1. The lowest BCUT2D eigenvalue weighted by Gasteiger charge is -2.29. The van der Waals surface area contributed by atoms with Gasteiger partial charge in [-0.1, -0.05) is 12.1 Å². The predicted octanol–water partition coefficient (Wildman–Crippen LogP) is 3.34. The highest BCUT2D eigenvalue weighted by molar-refractivity contribution is 5.92. The summed E-state index contributed by atoms with van der Waals surface area (Å²) in [6, 6.07) is 4.63. The highest BCUT2D eigenvalue weighted by Crippen LogP contribution is 2.27. The second-order valence-corrected chi connectivity index (χ2v) is 5.94. The molecule has 1 rings (SSSR count). The van der Waals surface area contributed by atoms with E-state index < -0.39 is 30.1 Å². The Balaban J connectivity index is 2.79. The van der Waals surface area contributed by atoms with E-state index in [1.54, 1.807) is 45.0 Å². The third-order valence-electron chi connectivity index (χ3n) is 2.77. The van der Waals surface area contributed by atoms with Crippen molar-refractivity contribution in [1.82, 2.24) is 5.32 Å². The number of carbonyl (C=O) groups is 1. The van der Waals surface area contributed by atoms with Crippen molar-refractivity contribution in [2.45, 2.75) is 44.9 Å². The smallest absolute Gasteiger partial charge is 0.404 e. The van der Waals surface area contributed by atoms with Crippen molar-refractivity contribution in [3.8, 4) is 5.75 Å². The second kappa shape index (κ2) is 7.00. The van der Waals surface area contributed by atoms with Crippen molar-refractivity contribution in [1.29, 1.82) is 0 Å². The first-order valence-electron chi connectivity index (χ1n) is 6.80. The van der Waals surface area contributed by atoms with Gasteiger partial charge in [-0.15, -0.1) is 0 Å². The van der Waals surface area contributed by atoms with Crippen molar-refractivity contribution in [2.24, 2.45) is 0 Å². The predicted molar refractivity (Wildman–Crippen MR) is 79.0 cm³/mol. The molecule has 0 saturated carbocycles. The Morgan fingerprint density at radius 2 is 1.82 bits per heavy atom. The van der Waals surface area contributed by atoms with Crippen molar-refractivity contribution in [2.75, 3.05) is 12.4 Å². The highest BCUT2D eigenvalue weighted by Gasteiger charge is 2.42. The molecule has 124 valence electrons. The molecule has 2 N–H and O–H groups in total. The molecule has 22 heavy (non-hydrogen) atoms. The van der Waals surface area contributed by atoms with Crippen LogP contribution in [0.25, 0.3) is 0 Å². The zero-order chi connectivity index (χ0) is 17.0. The minimum atomic E-state index is -4.51. The maximum Gasteiger partial charge on any atom is 0.404 e. The molecule has 0 radical (unpaired) electrons. The molecule has 0 fully saturated rings. The van der Waals surface area contributed by atoms with Gasteiger partial charge in [-0.25, -0.2) is 0 Å². The van der Waals surface area contributed by atoms with Crippen LogP contribution in [0.1, 0.15) is 27.2 Å². The topological polar surface area (TPSA) is 50.4 Å². The highest BCUT2D eigenvalue weighted by atomic mass is 19.4. The number of methoxy groups -OCH3 is 1. The fourth-order valence-corrected chi connectivity index (χ4v) is 1.91. The van der Waals surface area contributed by atoms with Gasteiger partial charge < -0.3 is 15.4 Å². The third kappa shape index (κ3) is 5.93. The van der Waals surface area contributed by atoms with Gasteiger partial charge in [0.25, 0.3) is 0 Å². The molecule has 1 atom stereocenters. The Bertz CT molecular complexity index is 510. The number of hydrogen-bond acceptors (Lipinski definition) is 3. The van der Waals surface area contributed by atoms with E-state index in [1.807, 2.05) is 0 Å². The molecule has 0 aliphatic heterocycles. The SMILES string of the molecule is COc1ccccc1NC(=O)CC(NC(C)(C)C)C(F)(F)F. The summed E-state index contributed by atoms with van der Waals surface area (Å²) in [6.45, 7) is 4.84. The summed E-state index contributed by atoms with van der Waals surface area (Å²) in [5.41, 5.74) is -0.420. The van der Waals surface area contributed by atoms with Gasteiger partial charge in [0.05, 0.1) is 19.2 Å². The van der Waals surface area contributed by atoms with Crippen LogP contribution >= 0.6 is 0 Å². The van der Waals surface area contributed by atoms with Crippen LogP contribution in [0.3, 0.4) is 0 Å². The Kier molecular flexibility index (Phi) is 5.82. The summed E-state index contributed by atoms with van der Waals surface area (Å²) >= 11 is 0. The normalized spacial score (nSPS) is 13.6. The standard InChI is InChI=1S/C15H21F3N2O2/c1-14(2,3)20-12(15(16,17)18)9-13(21)19-10-7-5-6-8-11(10)22-4/h5-8,12,20H,9H2,1-4H3,(H,19,21). The molecular formula is C15H21F3N2O2. The Morgan fingerprint density at radius 3 is 2.32 bits per heavy atom. The minimum Gasteiger partial charge on any atom is -0.495 e. The molecule has 0 spiro atoms. The van der Waals surface area contributed by atoms with Gasteiger partial charge in [0, 0.05) is 5.54 Å². The first-order chi connectivity index (χ1) is 10.0. The van der Waals surface area contributed by atoms with Crippen LogP contribution in [0.5, 0.6) is 5.75 Å².